The molecule has 1 aromatic carbocycles. The molecule has 0 N–H and O–H groups in total. The number of carbonyl (C=O) groups is 1. The second-order valence-electron chi connectivity index (χ2n) is 6.54. The number of Topliss-reactive ketones (excluding diaryl/α,β-unsaturated/α-hetero) is 1. The maximum Gasteiger partial charge on any atom is 0.306 e. The van der Waals surface area contributed by atoms with E-state index in [0.717, 1.165) is 24.8 Å². The van der Waals surface area contributed by atoms with Crippen LogP contribution in [-0.4, -0.2) is 31.5 Å². The standard InChI is InChI=1S/C17H26O4S2/c1-14(2)17(18)13-22(11-5-4-6-12-22)21-23(19,20)16-9-7-15(3)8-10-16/h7-10,14H,4-6,11-13H2,1-3H3. The van der Waals surface area contributed by atoms with Gasteiger partial charge >= 0.3 is 10.1 Å². The van der Waals surface area contributed by atoms with Crippen LogP contribution in [0.15, 0.2) is 29.2 Å². The molecule has 0 unspecified atom stereocenters. The molecule has 2 rings (SSSR count). The van der Waals surface area contributed by atoms with Crippen LogP contribution in [0.2, 0.25) is 0 Å². The largest absolute Gasteiger partial charge is 0.306 e. The summed E-state index contributed by atoms with van der Waals surface area (Å²) in [7, 11) is -5.72. The van der Waals surface area contributed by atoms with E-state index in [9.17, 15) is 13.2 Å². The van der Waals surface area contributed by atoms with Gasteiger partial charge in [-0.2, -0.15) is 8.42 Å². The summed E-state index contributed by atoms with van der Waals surface area (Å²) in [6.07, 6.45) is 2.95. The highest BCUT2D eigenvalue weighted by molar-refractivity contribution is 8.33. The van der Waals surface area contributed by atoms with Crippen molar-refractivity contribution in [2.45, 2.75) is 44.9 Å². The highest BCUT2D eigenvalue weighted by atomic mass is 32.3. The van der Waals surface area contributed by atoms with E-state index in [2.05, 4.69) is 0 Å². The van der Waals surface area contributed by atoms with Crippen LogP contribution >= 0.6 is 10.3 Å². The topological polar surface area (TPSA) is 60.4 Å². The zero-order valence-corrected chi connectivity index (χ0v) is 15.7. The smallest absolute Gasteiger partial charge is 0.298 e. The van der Waals surface area contributed by atoms with Crippen LogP contribution in [-0.2, 0) is 18.5 Å². The molecular weight excluding hydrogens is 332 g/mol. The van der Waals surface area contributed by atoms with Gasteiger partial charge in [0.05, 0.1) is 10.6 Å². The molecule has 1 heterocycles. The number of ketones is 1. The zero-order chi connectivity index (χ0) is 17.1. The summed E-state index contributed by atoms with van der Waals surface area (Å²) in [4.78, 5) is 12.4. The third-order valence-electron chi connectivity index (χ3n) is 4.13. The molecule has 0 bridgehead atoms. The van der Waals surface area contributed by atoms with Gasteiger partial charge in [0.25, 0.3) is 0 Å². The lowest BCUT2D eigenvalue weighted by atomic mass is 10.1. The quantitative estimate of drug-likeness (QED) is 0.775. The van der Waals surface area contributed by atoms with Crippen LogP contribution in [0.5, 0.6) is 0 Å². The van der Waals surface area contributed by atoms with Crippen LogP contribution < -0.4 is 0 Å². The first-order valence-corrected chi connectivity index (χ1v) is 11.5. The van der Waals surface area contributed by atoms with Crippen molar-refractivity contribution in [3.05, 3.63) is 29.8 Å². The molecule has 4 nitrogen and oxygen atoms in total. The van der Waals surface area contributed by atoms with Gasteiger partial charge in [-0.05, 0) is 31.9 Å². The normalized spacial score (nSPS) is 19.5. The Labute approximate surface area is 141 Å². The Kier molecular flexibility index (Phi) is 5.92. The summed E-state index contributed by atoms with van der Waals surface area (Å²) in [6.45, 7) is 5.62. The SMILES string of the molecule is Cc1ccc(S(=O)(=O)OS2(CC(=O)C(C)C)CCCCC2)cc1. The van der Waals surface area contributed by atoms with Crippen molar-refractivity contribution >= 4 is 26.2 Å². The Bertz CT molecular complexity index is 642. The zero-order valence-electron chi connectivity index (χ0n) is 14.1. The second-order valence-corrected chi connectivity index (χ2v) is 11.5. The van der Waals surface area contributed by atoms with Crippen molar-refractivity contribution in [3.63, 3.8) is 0 Å². The molecule has 1 fully saturated rings. The van der Waals surface area contributed by atoms with Crippen LogP contribution in [0.25, 0.3) is 0 Å². The summed E-state index contributed by atoms with van der Waals surface area (Å²) >= 11 is 0. The van der Waals surface area contributed by atoms with E-state index in [1.165, 1.54) is 0 Å². The van der Waals surface area contributed by atoms with Crippen LogP contribution in [0.4, 0.5) is 0 Å². The molecule has 0 radical (unpaired) electrons. The fraction of sp³-hybridized carbons (Fsp3) is 0.588. The lowest BCUT2D eigenvalue weighted by Crippen LogP contribution is -2.29. The third kappa shape index (κ3) is 4.81. The predicted octanol–water partition coefficient (Wildman–Crippen LogP) is 3.83. The van der Waals surface area contributed by atoms with Gasteiger partial charge in [0.2, 0.25) is 0 Å². The summed E-state index contributed by atoms with van der Waals surface area (Å²) < 4.78 is 31.1. The molecule has 0 aromatic heterocycles. The Morgan fingerprint density at radius 3 is 2.22 bits per heavy atom. The highest BCUT2D eigenvalue weighted by Gasteiger charge is 2.36. The number of rotatable bonds is 6. The first-order valence-electron chi connectivity index (χ1n) is 8.06. The maximum atomic E-state index is 12.7. The minimum atomic E-state index is -3.82. The number of benzene rings is 1. The van der Waals surface area contributed by atoms with Gasteiger partial charge in [0.1, 0.15) is 5.78 Å². The monoisotopic (exact) mass is 358 g/mol. The van der Waals surface area contributed by atoms with Crippen molar-refractivity contribution in [2.24, 2.45) is 5.92 Å². The van der Waals surface area contributed by atoms with Gasteiger partial charge in [0, 0.05) is 17.4 Å². The molecule has 1 aromatic rings. The molecular formula is C17H26O4S2. The minimum absolute atomic E-state index is 0.0908. The van der Waals surface area contributed by atoms with Gasteiger partial charge in [-0.1, -0.05) is 38.0 Å². The van der Waals surface area contributed by atoms with Crippen LogP contribution in [0.1, 0.15) is 38.7 Å². The van der Waals surface area contributed by atoms with E-state index in [0.29, 0.717) is 11.5 Å². The third-order valence-corrected chi connectivity index (χ3v) is 9.72. The van der Waals surface area contributed by atoms with E-state index in [-0.39, 0.29) is 22.3 Å². The van der Waals surface area contributed by atoms with Crippen molar-refractivity contribution in [2.75, 3.05) is 17.3 Å². The first kappa shape index (κ1) is 18.5. The van der Waals surface area contributed by atoms with Gasteiger partial charge < -0.3 is 0 Å². The maximum absolute atomic E-state index is 12.7. The van der Waals surface area contributed by atoms with Gasteiger partial charge in [0.15, 0.2) is 0 Å². The summed E-state index contributed by atoms with van der Waals surface area (Å²) in [5, 5.41) is 0. The molecule has 0 amide bonds. The van der Waals surface area contributed by atoms with Crippen LogP contribution in [0.3, 0.4) is 0 Å². The molecule has 23 heavy (non-hydrogen) atoms. The van der Waals surface area contributed by atoms with E-state index in [1.807, 2.05) is 20.8 Å². The molecule has 0 atom stereocenters. The van der Waals surface area contributed by atoms with Gasteiger partial charge in [-0.3, -0.25) is 4.79 Å². The predicted molar refractivity (Wildman–Crippen MR) is 95.3 cm³/mol. The fourth-order valence-corrected chi connectivity index (χ4v) is 8.45. The molecule has 6 heteroatoms. The number of hydrogen-bond donors (Lipinski definition) is 0. The van der Waals surface area contributed by atoms with E-state index in [4.69, 9.17) is 3.63 Å². The summed E-state index contributed by atoms with van der Waals surface area (Å²) in [5.74, 6) is 1.68. The lowest BCUT2D eigenvalue weighted by Gasteiger charge is -2.41. The molecule has 130 valence electrons. The average Bonchev–Trinajstić information content (AvgIpc) is 2.47. The highest BCUT2D eigenvalue weighted by Crippen LogP contribution is 2.55. The lowest BCUT2D eigenvalue weighted by molar-refractivity contribution is -0.119. The Hall–Kier alpha value is -0.850. The van der Waals surface area contributed by atoms with Crippen molar-refractivity contribution < 1.29 is 16.8 Å². The van der Waals surface area contributed by atoms with Crippen molar-refractivity contribution in [1.29, 1.82) is 0 Å². The Morgan fingerprint density at radius 2 is 1.70 bits per heavy atom. The second kappa shape index (κ2) is 7.36. The van der Waals surface area contributed by atoms with E-state index in [1.54, 1.807) is 24.3 Å². The first-order chi connectivity index (χ1) is 10.7. The number of carbonyl (C=O) groups excluding carboxylic acids is 1. The molecule has 0 aliphatic carbocycles. The van der Waals surface area contributed by atoms with Gasteiger partial charge in [-0.25, -0.2) is 3.63 Å². The molecule has 0 spiro atoms. The molecule has 1 aliphatic heterocycles. The fourth-order valence-electron chi connectivity index (χ4n) is 2.61. The number of aryl methyl sites for hydroxylation is 1. The van der Waals surface area contributed by atoms with E-state index >= 15 is 0 Å². The average molecular weight is 359 g/mol. The van der Waals surface area contributed by atoms with E-state index < -0.39 is 20.4 Å². The molecule has 1 saturated heterocycles. The summed E-state index contributed by atoms with van der Waals surface area (Å²) in [6, 6.07) is 6.67. The summed E-state index contributed by atoms with van der Waals surface area (Å²) in [5.41, 5.74) is 0.999. The Morgan fingerprint density at radius 1 is 1.13 bits per heavy atom. The molecule has 1 aliphatic rings. The van der Waals surface area contributed by atoms with Crippen LogP contribution in [0, 0.1) is 12.8 Å². The van der Waals surface area contributed by atoms with Crippen molar-refractivity contribution in [3.8, 4) is 0 Å². The minimum Gasteiger partial charge on any atom is -0.298 e. The molecule has 0 saturated carbocycles. The van der Waals surface area contributed by atoms with Gasteiger partial charge in [-0.15, -0.1) is 10.3 Å². The van der Waals surface area contributed by atoms with Crippen molar-refractivity contribution in [1.82, 2.24) is 0 Å². The Balaban J connectivity index is 2.26. The number of hydrogen-bond acceptors (Lipinski definition) is 4.